The van der Waals surface area contributed by atoms with Crippen LogP contribution in [0.1, 0.15) is 17.5 Å². The molecule has 0 N–H and O–H groups in total. The Kier molecular flexibility index (Phi) is 7.40. The van der Waals surface area contributed by atoms with E-state index in [-0.39, 0.29) is 17.9 Å². The number of carbonyl (C=O) groups is 2. The molecular weight excluding hydrogens is 597 g/mol. The fourth-order valence-corrected chi connectivity index (χ4v) is 7.74. The standard InChI is InChI=1S/C31H23ClFN3O4S2/c1-19-6-15-26-28(16-19)41-30(34-26)20-7-11-23(12-8-20)36-29(37)17-27(31(36)38)35(18-21-4-2-3-5-25(21)32)42(39,40)24-13-9-22(33)10-14-24/h2-16,27H,17-18H2,1H3. The quantitative estimate of drug-likeness (QED) is 0.192. The molecule has 0 aliphatic carbocycles. The Morgan fingerprint density at radius 3 is 2.43 bits per heavy atom. The molecule has 7 nitrogen and oxygen atoms in total. The van der Waals surface area contributed by atoms with Crippen molar-refractivity contribution < 1.29 is 22.4 Å². The molecule has 0 spiro atoms. The second-order valence-electron chi connectivity index (χ2n) is 9.92. The number of rotatable bonds is 7. The molecule has 42 heavy (non-hydrogen) atoms. The van der Waals surface area contributed by atoms with E-state index in [1.807, 2.05) is 19.1 Å². The molecular formula is C31H23ClFN3O4S2. The third-order valence-corrected chi connectivity index (χ3v) is 10.4. The number of anilines is 1. The van der Waals surface area contributed by atoms with Crippen molar-refractivity contribution in [1.29, 1.82) is 0 Å². The van der Waals surface area contributed by atoms with Crippen LogP contribution < -0.4 is 4.90 Å². The van der Waals surface area contributed by atoms with Crippen LogP contribution in [0.4, 0.5) is 10.1 Å². The molecule has 6 rings (SSSR count). The molecule has 1 aliphatic rings. The molecule has 1 atom stereocenters. The predicted octanol–water partition coefficient (Wildman–Crippen LogP) is 6.59. The number of carbonyl (C=O) groups excluding carboxylic acids is 2. The molecule has 1 aliphatic heterocycles. The number of amides is 2. The minimum atomic E-state index is -4.34. The number of hydrogen-bond donors (Lipinski definition) is 0. The number of nitrogens with zero attached hydrogens (tertiary/aromatic N) is 3. The number of halogens is 2. The van der Waals surface area contributed by atoms with Crippen LogP contribution in [0.25, 0.3) is 20.8 Å². The van der Waals surface area contributed by atoms with E-state index in [0.717, 1.165) is 59.8 Å². The average Bonchev–Trinajstić information content (AvgIpc) is 3.52. The van der Waals surface area contributed by atoms with E-state index >= 15 is 0 Å². The predicted molar refractivity (Wildman–Crippen MR) is 161 cm³/mol. The molecule has 4 aromatic carbocycles. The average molecular weight is 620 g/mol. The van der Waals surface area contributed by atoms with Gasteiger partial charge in [-0.1, -0.05) is 35.9 Å². The first-order valence-electron chi connectivity index (χ1n) is 13.0. The summed E-state index contributed by atoms with van der Waals surface area (Å²) in [6.07, 6.45) is -0.358. The lowest BCUT2D eigenvalue weighted by molar-refractivity contribution is -0.122. The Hall–Kier alpha value is -3.96. The van der Waals surface area contributed by atoms with Gasteiger partial charge in [0.25, 0.3) is 5.91 Å². The second-order valence-corrected chi connectivity index (χ2v) is 13.2. The van der Waals surface area contributed by atoms with Gasteiger partial charge in [-0.25, -0.2) is 22.7 Å². The lowest BCUT2D eigenvalue weighted by Crippen LogP contribution is -2.45. The van der Waals surface area contributed by atoms with Gasteiger partial charge >= 0.3 is 0 Å². The van der Waals surface area contributed by atoms with Crippen molar-refractivity contribution in [2.75, 3.05) is 4.90 Å². The van der Waals surface area contributed by atoms with Crippen LogP contribution in [0.5, 0.6) is 0 Å². The molecule has 5 aromatic rings. The molecule has 11 heteroatoms. The highest BCUT2D eigenvalue weighted by Crippen LogP contribution is 2.35. The van der Waals surface area contributed by atoms with Gasteiger partial charge in [-0.2, -0.15) is 4.31 Å². The number of aromatic nitrogens is 1. The van der Waals surface area contributed by atoms with Crippen LogP contribution in [0.2, 0.25) is 5.02 Å². The van der Waals surface area contributed by atoms with Crippen LogP contribution in [-0.4, -0.2) is 35.6 Å². The zero-order valence-corrected chi connectivity index (χ0v) is 24.6. The Morgan fingerprint density at radius 2 is 1.71 bits per heavy atom. The van der Waals surface area contributed by atoms with Crippen molar-refractivity contribution in [2.45, 2.75) is 30.8 Å². The Morgan fingerprint density at radius 1 is 1.00 bits per heavy atom. The molecule has 1 aromatic heterocycles. The van der Waals surface area contributed by atoms with E-state index in [9.17, 15) is 22.4 Å². The van der Waals surface area contributed by atoms with Crippen molar-refractivity contribution in [3.8, 4) is 10.6 Å². The van der Waals surface area contributed by atoms with Gasteiger partial charge in [0.05, 0.1) is 27.2 Å². The number of thiazole rings is 1. The smallest absolute Gasteiger partial charge is 0.252 e. The lowest BCUT2D eigenvalue weighted by atomic mass is 10.2. The zero-order valence-electron chi connectivity index (χ0n) is 22.2. The van der Waals surface area contributed by atoms with Gasteiger partial charge in [0, 0.05) is 17.1 Å². The number of aryl methyl sites for hydroxylation is 1. The fourth-order valence-electron chi connectivity index (χ4n) is 4.92. The van der Waals surface area contributed by atoms with E-state index in [1.165, 1.54) is 0 Å². The summed E-state index contributed by atoms with van der Waals surface area (Å²) in [4.78, 5) is 32.5. The molecule has 0 radical (unpaired) electrons. The Labute approximate surface area is 250 Å². The number of benzene rings is 4. The summed E-state index contributed by atoms with van der Waals surface area (Å²) >= 11 is 7.89. The monoisotopic (exact) mass is 619 g/mol. The van der Waals surface area contributed by atoms with E-state index < -0.39 is 33.7 Å². The fraction of sp³-hybridized carbons (Fsp3) is 0.129. The summed E-state index contributed by atoms with van der Waals surface area (Å²) in [5, 5.41) is 1.11. The number of fused-ring (bicyclic) bond motifs is 1. The van der Waals surface area contributed by atoms with Crippen LogP contribution in [0.3, 0.4) is 0 Å². The van der Waals surface area contributed by atoms with Gasteiger partial charge < -0.3 is 0 Å². The maximum absolute atomic E-state index is 13.8. The normalized spacial score (nSPS) is 15.7. The van der Waals surface area contributed by atoms with Crippen LogP contribution in [0, 0.1) is 12.7 Å². The summed E-state index contributed by atoms with van der Waals surface area (Å²) in [5.41, 5.74) is 3.63. The Balaban J connectivity index is 1.32. The molecule has 1 saturated heterocycles. The largest absolute Gasteiger partial charge is 0.274 e. The summed E-state index contributed by atoms with van der Waals surface area (Å²) in [5.74, 6) is -1.82. The van der Waals surface area contributed by atoms with Gasteiger partial charge in [0.15, 0.2) is 0 Å². The van der Waals surface area contributed by atoms with Gasteiger partial charge in [0.1, 0.15) is 16.9 Å². The van der Waals surface area contributed by atoms with Crippen molar-refractivity contribution in [3.05, 3.63) is 113 Å². The first-order chi connectivity index (χ1) is 20.1. The minimum absolute atomic E-state index is 0.204. The molecule has 1 fully saturated rings. The molecule has 2 heterocycles. The minimum Gasteiger partial charge on any atom is -0.274 e. The topological polar surface area (TPSA) is 87.7 Å². The van der Waals surface area contributed by atoms with Gasteiger partial charge in [-0.05, 0) is 84.8 Å². The molecule has 1 unspecified atom stereocenters. The van der Waals surface area contributed by atoms with E-state index in [4.69, 9.17) is 11.6 Å². The summed E-state index contributed by atoms with van der Waals surface area (Å²) in [7, 11) is -4.34. The highest BCUT2D eigenvalue weighted by molar-refractivity contribution is 7.89. The number of imide groups is 1. The van der Waals surface area contributed by atoms with Crippen LogP contribution in [0.15, 0.2) is 95.9 Å². The molecule has 2 amide bonds. The van der Waals surface area contributed by atoms with Crippen molar-refractivity contribution in [1.82, 2.24) is 9.29 Å². The first-order valence-corrected chi connectivity index (χ1v) is 15.6. The highest BCUT2D eigenvalue weighted by Gasteiger charge is 2.47. The maximum Gasteiger partial charge on any atom is 0.252 e. The van der Waals surface area contributed by atoms with E-state index in [2.05, 4.69) is 11.1 Å². The molecule has 0 saturated carbocycles. The molecule has 212 valence electrons. The van der Waals surface area contributed by atoms with Crippen LogP contribution >= 0.6 is 22.9 Å². The number of hydrogen-bond acceptors (Lipinski definition) is 6. The lowest BCUT2D eigenvalue weighted by Gasteiger charge is -2.27. The second kappa shape index (κ2) is 11.0. The van der Waals surface area contributed by atoms with Crippen LogP contribution in [-0.2, 0) is 26.2 Å². The summed E-state index contributed by atoms with van der Waals surface area (Å²) < 4.78 is 43.3. The highest BCUT2D eigenvalue weighted by atomic mass is 35.5. The third-order valence-electron chi connectivity index (χ3n) is 7.09. The number of sulfonamides is 1. The van der Waals surface area contributed by atoms with Crippen molar-refractivity contribution in [3.63, 3.8) is 0 Å². The third kappa shape index (κ3) is 5.22. The van der Waals surface area contributed by atoms with E-state index in [1.54, 1.807) is 59.9 Å². The van der Waals surface area contributed by atoms with E-state index in [0.29, 0.717) is 16.3 Å². The van der Waals surface area contributed by atoms with Gasteiger partial charge in [-0.15, -0.1) is 11.3 Å². The van der Waals surface area contributed by atoms with Gasteiger partial charge in [0.2, 0.25) is 15.9 Å². The van der Waals surface area contributed by atoms with Crippen molar-refractivity contribution >= 4 is 60.7 Å². The Bertz CT molecular complexity index is 1940. The van der Waals surface area contributed by atoms with Gasteiger partial charge in [-0.3, -0.25) is 9.59 Å². The van der Waals surface area contributed by atoms with Crippen molar-refractivity contribution in [2.24, 2.45) is 0 Å². The zero-order chi connectivity index (χ0) is 29.6. The molecule has 0 bridgehead atoms. The maximum atomic E-state index is 13.8. The first kappa shape index (κ1) is 28.2. The SMILES string of the molecule is Cc1ccc2nc(-c3ccc(N4C(=O)CC(N(Cc5ccccc5Cl)S(=O)(=O)c5ccc(F)cc5)C4=O)cc3)sc2c1. The summed E-state index contributed by atoms with van der Waals surface area (Å²) in [6, 6.07) is 22.6. The summed E-state index contributed by atoms with van der Waals surface area (Å²) in [6.45, 7) is 1.76.